The molecule has 1 amide bonds. The number of amides is 1. The van der Waals surface area contributed by atoms with Gasteiger partial charge in [0.2, 0.25) is 5.91 Å². The first-order valence-electron chi connectivity index (χ1n) is 9.22. The van der Waals surface area contributed by atoms with E-state index in [0.717, 1.165) is 19.1 Å². The van der Waals surface area contributed by atoms with Crippen LogP contribution in [0.1, 0.15) is 36.5 Å². The largest absolute Gasteiger partial charge is 0.480 e. The zero-order valence-corrected chi connectivity index (χ0v) is 17.6. The molecule has 164 valence electrons. The number of rotatable bonds is 7. The molecule has 1 atom stereocenters. The number of unbranched alkanes of at least 4 members (excludes halogenated alkanes) is 1. The Bertz CT molecular complexity index is 764. The predicted octanol–water partition coefficient (Wildman–Crippen LogP) is 2.91. The second-order valence-corrected chi connectivity index (χ2v) is 6.58. The number of benzene rings is 2. The van der Waals surface area contributed by atoms with Gasteiger partial charge in [-0.25, -0.2) is 0 Å². The van der Waals surface area contributed by atoms with Crippen LogP contribution in [0.3, 0.4) is 0 Å². The van der Waals surface area contributed by atoms with E-state index in [-0.39, 0.29) is 5.91 Å². The fourth-order valence-corrected chi connectivity index (χ4v) is 2.09. The molecule has 0 unspecified atom stereocenters. The quantitative estimate of drug-likeness (QED) is 0.253. The topological polar surface area (TPSA) is 162 Å². The van der Waals surface area contributed by atoms with Gasteiger partial charge in [0, 0.05) is 18.2 Å². The van der Waals surface area contributed by atoms with Crippen LogP contribution in [0.4, 0.5) is 11.4 Å². The highest BCUT2D eigenvalue weighted by atomic mass is 35.5. The minimum Gasteiger partial charge on any atom is -0.480 e. The van der Waals surface area contributed by atoms with E-state index in [1.165, 1.54) is 6.92 Å². The molecule has 8 nitrogen and oxygen atoms in total. The van der Waals surface area contributed by atoms with Crippen LogP contribution in [0.5, 0.6) is 0 Å². The lowest BCUT2D eigenvalue weighted by Crippen LogP contribution is -2.29. The number of halogens is 1. The Kier molecular flexibility index (Phi) is 14.4. The number of hydrogen-bond acceptors (Lipinski definition) is 6. The second kappa shape index (κ2) is 15.9. The number of carboxylic acids is 1. The number of para-hydroxylation sites is 1. The number of nitrogen functional groups attached to an aromatic ring is 1. The SMILES string of the molecule is CC(=O)Nc1ccc(C=O)cc1.NCCCC[C@H](N)C(=O)O.Nc1ccccc1Cl. The Morgan fingerprint density at radius 1 is 1.13 bits per heavy atom. The van der Waals surface area contributed by atoms with E-state index in [0.29, 0.717) is 34.9 Å². The van der Waals surface area contributed by atoms with E-state index >= 15 is 0 Å². The molecule has 0 bridgehead atoms. The lowest BCUT2D eigenvalue weighted by Gasteiger charge is -2.03. The first-order chi connectivity index (χ1) is 14.2. The first-order valence-corrected chi connectivity index (χ1v) is 9.60. The van der Waals surface area contributed by atoms with E-state index in [1.54, 1.807) is 36.4 Å². The molecule has 30 heavy (non-hydrogen) atoms. The lowest BCUT2D eigenvalue weighted by atomic mass is 10.1. The molecule has 0 saturated carbocycles. The fourth-order valence-electron chi connectivity index (χ4n) is 1.96. The third-order valence-corrected chi connectivity index (χ3v) is 3.90. The van der Waals surface area contributed by atoms with Crippen molar-refractivity contribution in [1.82, 2.24) is 0 Å². The lowest BCUT2D eigenvalue weighted by molar-refractivity contribution is -0.138. The summed E-state index contributed by atoms with van der Waals surface area (Å²) >= 11 is 5.58. The number of anilines is 2. The summed E-state index contributed by atoms with van der Waals surface area (Å²) in [4.78, 5) is 31.0. The van der Waals surface area contributed by atoms with Gasteiger partial charge in [0.05, 0.1) is 10.7 Å². The maximum absolute atomic E-state index is 10.6. The Morgan fingerprint density at radius 3 is 2.13 bits per heavy atom. The Morgan fingerprint density at radius 2 is 1.73 bits per heavy atom. The molecule has 0 aliphatic heterocycles. The zero-order chi connectivity index (χ0) is 22.9. The second-order valence-electron chi connectivity index (χ2n) is 6.17. The van der Waals surface area contributed by atoms with E-state index < -0.39 is 12.0 Å². The Balaban J connectivity index is 0.000000429. The highest BCUT2D eigenvalue weighted by Gasteiger charge is 2.09. The van der Waals surface area contributed by atoms with Crippen molar-refractivity contribution in [2.24, 2.45) is 11.5 Å². The van der Waals surface area contributed by atoms with E-state index in [2.05, 4.69) is 5.32 Å². The standard InChI is InChI=1S/C9H9NO2.C6H6ClN.C6H14N2O2/c1-7(12)10-9-4-2-8(6-11)3-5-9;7-5-3-1-2-4-6(5)8;7-4-2-1-3-5(8)6(9)10/h2-6H,1H3,(H,10,12);1-4H,8H2;5H,1-4,7-8H2,(H,9,10)/t;;5-/m..0/s1. The molecule has 0 radical (unpaired) electrons. The van der Waals surface area contributed by atoms with Gasteiger partial charge in [0.1, 0.15) is 12.3 Å². The zero-order valence-electron chi connectivity index (χ0n) is 16.9. The summed E-state index contributed by atoms with van der Waals surface area (Å²) < 4.78 is 0. The number of hydrogen-bond donors (Lipinski definition) is 5. The van der Waals surface area contributed by atoms with Gasteiger partial charge in [0.25, 0.3) is 0 Å². The molecule has 2 aromatic rings. The van der Waals surface area contributed by atoms with Crippen molar-refractivity contribution in [2.75, 3.05) is 17.6 Å². The van der Waals surface area contributed by atoms with Gasteiger partial charge in [-0.15, -0.1) is 0 Å². The average molecular weight is 437 g/mol. The molecule has 8 N–H and O–H groups in total. The summed E-state index contributed by atoms with van der Waals surface area (Å²) in [6.07, 6.45) is 2.93. The molecular formula is C21H29ClN4O4. The van der Waals surface area contributed by atoms with Crippen molar-refractivity contribution in [3.05, 3.63) is 59.1 Å². The summed E-state index contributed by atoms with van der Waals surface area (Å²) in [5, 5.41) is 11.5. The Hall–Kier alpha value is -2.94. The van der Waals surface area contributed by atoms with Gasteiger partial charge in [-0.05, 0) is 55.8 Å². The third-order valence-electron chi connectivity index (χ3n) is 3.56. The minimum absolute atomic E-state index is 0.117. The van der Waals surface area contributed by atoms with Crippen molar-refractivity contribution in [1.29, 1.82) is 0 Å². The van der Waals surface area contributed by atoms with Crippen molar-refractivity contribution in [2.45, 2.75) is 32.2 Å². The Labute approximate surface area is 181 Å². The number of carbonyl (C=O) groups is 3. The van der Waals surface area contributed by atoms with Crippen LogP contribution in [-0.4, -0.2) is 35.9 Å². The molecule has 2 rings (SSSR count). The average Bonchev–Trinajstić information content (AvgIpc) is 2.71. The van der Waals surface area contributed by atoms with Crippen LogP contribution < -0.4 is 22.5 Å². The summed E-state index contributed by atoms with van der Waals surface area (Å²) in [5.41, 5.74) is 17.7. The number of aldehydes is 1. The summed E-state index contributed by atoms with van der Waals surface area (Å²) in [6, 6.07) is 13.2. The van der Waals surface area contributed by atoms with Crippen molar-refractivity contribution in [3.8, 4) is 0 Å². The monoisotopic (exact) mass is 436 g/mol. The van der Waals surface area contributed by atoms with Crippen molar-refractivity contribution >= 4 is 41.1 Å². The maximum atomic E-state index is 10.6. The maximum Gasteiger partial charge on any atom is 0.320 e. The smallest absolute Gasteiger partial charge is 0.320 e. The van der Waals surface area contributed by atoms with Gasteiger partial charge in [0.15, 0.2) is 0 Å². The summed E-state index contributed by atoms with van der Waals surface area (Å²) in [5.74, 6) is -1.05. The predicted molar refractivity (Wildman–Crippen MR) is 121 cm³/mol. The van der Waals surface area contributed by atoms with Crippen LogP contribution in [0.25, 0.3) is 0 Å². The van der Waals surface area contributed by atoms with Crippen LogP contribution in [0, 0.1) is 0 Å². The van der Waals surface area contributed by atoms with E-state index in [1.807, 2.05) is 12.1 Å². The first kappa shape index (κ1) is 27.1. The molecular weight excluding hydrogens is 408 g/mol. The van der Waals surface area contributed by atoms with Gasteiger partial charge < -0.3 is 27.6 Å². The van der Waals surface area contributed by atoms with Gasteiger partial charge in [-0.3, -0.25) is 14.4 Å². The molecule has 0 spiro atoms. The van der Waals surface area contributed by atoms with E-state index in [4.69, 9.17) is 33.9 Å². The van der Waals surface area contributed by atoms with Crippen molar-refractivity contribution in [3.63, 3.8) is 0 Å². The van der Waals surface area contributed by atoms with E-state index in [9.17, 15) is 14.4 Å². The highest BCUT2D eigenvalue weighted by molar-refractivity contribution is 6.33. The molecule has 0 saturated heterocycles. The van der Waals surface area contributed by atoms with Gasteiger partial charge >= 0.3 is 5.97 Å². The molecule has 9 heteroatoms. The highest BCUT2D eigenvalue weighted by Crippen LogP contribution is 2.15. The normalized spacial score (nSPS) is 10.4. The number of carboxylic acid groups (broad SMARTS) is 1. The summed E-state index contributed by atoms with van der Waals surface area (Å²) in [6.45, 7) is 2.04. The molecule has 0 aliphatic rings. The third kappa shape index (κ3) is 13.3. The molecule has 2 aromatic carbocycles. The molecule has 0 fully saturated rings. The van der Waals surface area contributed by atoms with Crippen LogP contribution in [-0.2, 0) is 9.59 Å². The fraction of sp³-hybridized carbons (Fsp3) is 0.286. The van der Waals surface area contributed by atoms with Gasteiger partial charge in [-0.2, -0.15) is 0 Å². The van der Waals surface area contributed by atoms with Gasteiger partial charge in [-0.1, -0.05) is 30.2 Å². The number of carbonyl (C=O) groups excluding carboxylic acids is 2. The number of nitrogens with two attached hydrogens (primary N) is 3. The summed E-state index contributed by atoms with van der Waals surface area (Å²) in [7, 11) is 0. The number of aliphatic carboxylic acids is 1. The number of nitrogens with one attached hydrogen (secondary N) is 1. The molecule has 0 aliphatic carbocycles. The molecule has 0 aromatic heterocycles. The minimum atomic E-state index is -0.933. The molecule has 0 heterocycles. The van der Waals surface area contributed by atoms with Crippen LogP contribution in [0.2, 0.25) is 5.02 Å². The van der Waals surface area contributed by atoms with Crippen LogP contribution in [0.15, 0.2) is 48.5 Å². The van der Waals surface area contributed by atoms with Crippen molar-refractivity contribution < 1.29 is 19.5 Å². The van der Waals surface area contributed by atoms with Crippen LogP contribution >= 0.6 is 11.6 Å².